The summed E-state index contributed by atoms with van der Waals surface area (Å²) in [5, 5.41) is 0. The van der Waals surface area contributed by atoms with Gasteiger partial charge in [-0.1, -0.05) is 64.4 Å². The van der Waals surface area contributed by atoms with E-state index in [0.29, 0.717) is 62.2 Å². The van der Waals surface area contributed by atoms with E-state index in [0.717, 1.165) is 89.9 Å². The Labute approximate surface area is 418 Å². The van der Waals surface area contributed by atoms with Crippen molar-refractivity contribution in [2.24, 2.45) is 5.92 Å². The van der Waals surface area contributed by atoms with Crippen LogP contribution in [-0.2, 0) is 14.4 Å². The number of ketones is 1. The number of amides is 2. The van der Waals surface area contributed by atoms with E-state index in [2.05, 4.69) is 111 Å². The maximum absolute atomic E-state index is 14.8. The molecule has 0 radical (unpaired) electrons. The first-order valence-electron chi connectivity index (χ1n) is 27.3. The summed E-state index contributed by atoms with van der Waals surface area (Å²) in [7, 11) is 6.22. The van der Waals surface area contributed by atoms with Crippen molar-refractivity contribution < 1.29 is 14.4 Å². The lowest BCUT2D eigenvalue weighted by molar-refractivity contribution is -0.157. The number of anilines is 3. The van der Waals surface area contributed by atoms with Crippen LogP contribution < -0.4 is 14.7 Å². The summed E-state index contributed by atoms with van der Waals surface area (Å²) in [6.07, 6.45) is 17.8. The van der Waals surface area contributed by atoms with Gasteiger partial charge in [0.1, 0.15) is 5.82 Å². The molecule has 0 N–H and O–H groups in total. The van der Waals surface area contributed by atoms with Crippen LogP contribution in [-0.4, -0.2) is 162 Å². The lowest BCUT2D eigenvalue weighted by atomic mass is 9.72. The molecule has 4 heterocycles. The summed E-state index contributed by atoms with van der Waals surface area (Å²) < 4.78 is 0. The first-order chi connectivity index (χ1) is 32.1. The second kappa shape index (κ2) is 19.9. The molecule has 388 valence electrons. The summed E-state index contributed by atoms with van der Waals surface area (Å²) in [6, 6.07) is 0.460. The van der Waals surface area contributed by atoms with E-state index in [-0.39, 0.29) is 52.5 Å². The second-order valence-corrected chi connectivity index (χ2v) is 25.7. The molecule has 14 heteroatoms. The highest BCUT2D eigenvalue weighted by Crippen LogP contribution is 2.42. The first-order valence-corrected chi connectivity index (χ1v) is 27.3. The summed E-state index contributed by atoms with van der Waals surface area (Å²) in [5.41, 5.74) is -2.63. The fraction of sp³-hybridized carbons (Fsp3) is 0.855. The molecule has 1 aromatic rings. The van der Waals surface area contributed by atoms with Crippen LogP contribution in [0.1, 0.15) is 192 Å². The molecular formula is C55H95N11O3. The smallest absolute Gasteiger partial charge is 0.248 e. The van der Waals surface area contributed by atoms with Crippen LogP contribution in [0.3, 0.4) is 0 Å². The molecule has 1 atom stereocenters. The van der Waals surface area contributed by atoms with E-state index >= 15 is 0 Å². The first kappa shape index (κ1) is 53.4. The summed E-state index contributed by atoms with van der Waals surface area (Å²) in [4.78, 5) is 78.2. The highest BCUT2D eigenvalue weighted by molar-refractivity contribution is 5.91. The van der Waals surface area contributed by atoms with Crippen molar-refractivity contribution in [2.45, 2.75) is 244 Å². The fourth-order valence-electron chi connectivity index (χ4n) is 13.5. The number of hydrogen-bond donors (Lipinski definition) is 0. The van der Waals surface area contributed by atoms with Crippen molar-refractivity contribution in [3.63, 3.8) is 0 Å². The molecular weight excluding hydrogens is 863 g/mol. The Kier molecular flexibility index (Phi) is 15.4. The molecule has 3 saturated heterocycles. The van der Waals surface area contributed by atoms with Gasteiger partial charge >= 0.3 is 0 Å². The summed E-state index contributed by atoms with van der Waals surface area (Å²) in [6.45, 7) is 33.5. The Morgan fingerprint density at radius 2 is 0.957 bits per heavy atom. The summed E-state index contributed by atoms with van der Waals surface area (Å²) >= 11 is 0. The molecule has 1 aromatic heterocycles. The van der Waals surface area contributed by atoms with Crippen LogP contribution in [0.15, 0.2) is 12.4 Å². The lowest BCUT2D eigenvalue weighted by Gasteiger charge is -2.55. The fourth-order valence-corrected chi connectivity index (χ4v) is 13.5. The van der Waals surface area contributed by atoms with Crippen molar-refractivity contribution >= 4 is 35.4 Å². The standard InChI is InChI=1S/C55H95N11O3/c1-39(65-38-52(6,7)61(16)55(12,13)46(65)69)66(43-30-24-19-25-31-43)49-57-47(63(41-26-20-17-21-27-41)33-32-40-36-50(2,3)59(14)53(8,9)44(40)67)56-48(58-49)64(42-28-22-18-23-29-42)35-34-62-37-51(4,5)60(15)54(10,11)45(62)68/h40-43H,1,17-38H2,2-16H3. The third-order valence-corrected chi connectivity index (χ3v) is 18.9. The molecule has 6 aliphatic rings. The van der Waals surface area contributed by atoms with Crippen molar-refractivity contribution in [3.05, 3.63) is 12.4 Å². The number of aromatic nitrogens is 3. The van der Waals surface area contributed by atoms with Crippen molar-refractivity contribution in [2.75, 3.05) is 68.6 Å². The molecule has 7 rings (SSSR count). The minimum Gasteiger partial charge on any atom is -0.338 e. The average molecular weight is 958 g/mol. The number of hydrogen-bond acceptors (Lipinski definition) is 12. The predicted molar refractivity (Wildman–Crippen MR) is 281 cm³/mol. The van der Waals surface area contributed by atoms with Gasteiger partial charge < -0.3 is 14.7 Å². The average Bonchev–Trinajstić information content (AvgIpc) is 3.31. The van der Waals surface area contributed by atoms with Gasteiger partial charge in [-0.15, -0.1) is 0 Å². The van der Waals surface area contributed by atoms with Gasteiger partial charge in [-0.2, -0.15) is 15.0 Å². The number of likely N-dealkylation sites (tertiary alicyclic amines) is 1. The van der Waals surface area contributed by atoms with Gasteiger partial charge in [0.2, 0.25) is 29.7 Å². The van der Waals surface area contributed by atoms with E-state index in [1.54, 1.807) is 0 Å². The van der Waals surface area contributed by atoms with Gasteiger partial charge in [0, 0.05) is 73.4 Å². The van der Waals surface area contributed by atoms with Crippen LogP contribution >= 0.6 is 0 Å². The van der Waals surface area contributed by atoms with E-state index in [1.165, 1.54) is 19.3 Å². The van der Waals surface area contributed by atoms with Gasteiger partial charge in [-0.3, -0.25) is 38.9 Å². The molecule has 0 bridgehead atoms. The van der Waals surface area contributed by atoms with Gasteiger partial charge in [-0.25, -0.2) is 0 Å². The van der Waals surface area contributed by atoms with Gasteiger partial charge in [0.25, 0.3) is 0 Å². The van der Waals surface area contributed by atoms with Crippen LogP contribution in [0.25, 0.3) is 0 Å². The van der Waals surface area contributed by atoms with Crippen molar-refractivity contribution in [1.29, 1.82) is 0 Å². The highest BCUT2D eigenvalue weighted by Gasteiger charge is 2.52. The minimum atomic E-state index is -0.758. The van der Waals surface area contributed by atoms with E-state index in [1.807, 2.05) is 32.6 Å². The second-order valence-electron chi connectivity index (χ2n) is 25.7. The monoisotopic (exact) mass is 958 g/mol. The zero-order chi connectivity index (χ0) is 50.6. The van der Waals surface area contributed by atoms with Gasteiger partial charge in [0.15, 0.2) is 5.78 Å². The quantitative estimate of drug-likeness (QED) is 0.177. The zero-order valence-electron chi connectivity index (χ0n) is 46.2. The van der Waals surface area contributed by atoms with Crippen LogP contribution in [0, 0.1) is 5.92 Å². The molecule has 69 heavy (non-hydrogen) atoms. The normalized spacial score (nSPS) is 27.1. The zero-order valence-corrected chi connectivity index (χ0v) is 46.2. The Morgan fingerprint density at radius 1 is 0.536 bits per heavy atom. The molecule has 3 aliphatic heterocycles. The van der Waals surface area contributed by atoms with Crippen molar-refractivity contribution in [3.8, 4) is 0 Å². The predicted octanol–water partition coefficient (Wildman–Crippen LogP) is 8.89. The number of carbonyl (C=O) groups excluding carboxylic acids is 3. The number of rotatable bonds is 14. The maximum atomic E-state index is 14.8. The molecule has 6 fully saturated rings. The molecule has 3 aliphatic carbocycles. The molecule has 3 saturated carbocycles. The van der Waals surface area contributed by atoms with Gasteiger partial charge in [0.05, 0.1) is 16.6 Å². The van der Waals surface area contributed by atoms with Crippen molar-refractivity contribution in [1.82, 2.24) is 39.5 Å². The maximum Gasteiger partial charge on any atom is 0.248 e. The number of piperidine rings is 1. The van der Waals surface area contributed by atoms with Crippen LogP contribution in [0.4, 0.5) is 17.8 Å². The Morgan fingerprint density at radius 3 is 1.46 bits per heavy atom. The number of piperazine rings is 2. The lowest BCUT2D eigenvalue weighted by Crippen LogP contribution is -2.70. The number of likely N-dealkylation sites (N-methyl/N-ethyl adjacent to an activating group) is 3. The summed E-state index contributed by atoms with van der Waals surface area (Å²) in [5.74, 6) is 2.84. The molecule has 0 spiro atoms. The topological polar surface area (TPSA) is 116 Å². The Hall–Kier alpha value is -3.36. The molecule has 1 unspecified atom stereocenters. The highest BCUT2D eigenvalue weighted by atomic mass is 16.2. The van der Waals surface area contributed by atoms with Crippen LogP contribution in [0.2, 0.25) is 0 Å². The Balaban J connectivity index is 1.38. The number of nitrogens with zero attached hydrogens (tertiary/aromatic N) is 11. The number of carbonyl (C=O) groups is 3. The molecule has 14 nitrogen and oxygen atoms in total. The third kappa shape index (κ3) is 10.5. The molecule has 2 amide bonds. The van der Waals surface area contributed by atoms with Crippen LogP contribution in [0.5, 0.6) is 0 Å². The van der Waals surface area contributed by atoms with E-state index in [4.69, 9.17) is 21.5 Å². The van der Waals surface area contributed by atoms with Gasteiger partial charge in [-0.05, 0) is 156 Å². The van der Waals surface area contributed by atoms with E-state index < -0.39 is 16.6 Å². The SMILES string of the molecule is C=C(N1CC(C)(C)N(C)C(C)(C)C1=O)N(c1nc(N(CCC2CC(C)(C)N(C)C(C)(C)C2=O)C2CCCCC2)nc(N(CCN2CC(C)(C)N(C)C(C)(C)C2=O)C2CCCCC2)n1)C1CCCCC1. The Bertz CT molecular complexity index is 1930. The van der Waals surface area contributed by atoms with E-state index in [9.17, 15) is 14.4 Å². The largest absolute Gasteiger partial charge is 0.338 e. The molecule has 0 aromatic carbocycles. The number of Topliss-reactive ketones (excluding diaryl/α,β-unsaturated/α-hetero) is 1. The third-order valence-electron chi connectivity index (χ3n) is 18.9. The minimum absolute atomic E-state index is 0.0219.